The molecular formula is C20H24O3Si. The van der Waals surface area contributed by atoms with E-state index in [-0.39, 0.29) is 0 Å². The van der Waals surface area contributed by atoms with Crippen molar-refractivity contribution >= 4 is 35.3 Å². The molecule has 3 aromatic carbocycles. The van der Waals surface area contributed by atoms with Gasteiger partial charge in [0.2, 0.25) is 0 Å². The fraction of sp³-hybridized carbons (Fsp3) is 0.300. The van der Waals surface area contributed by atoms with Crippen molar-refractivity contribution in [1.29, 1.82) is 0 Å². The van der Waals surface area contributed by atoms with Gasteiger partial charge in [-0.05, 0) is 41.5 Å². The average Bonchev–Trinajstić information content (AvgIpc) is 2.60. The van der Waals surface area contributed by atoms with Crippen LogP contribution < -0.4 is 5.19 Å². The minimum Gasteiger partial charge on any atom is -0.390 e. The molecule has 0 spiro atoms. The molecule has 0 aliphatic heterocycles. The summed E-state index contributed by atoms with van der Waals surface area (Å²) in [6, 6.07) is 19.1. The van der Waals surface area contributed by atoms with Crippen LogP contribution in [0, 0.1) is 0 Å². The Morgan fingerprint density at radius 3 is 1.75 bits per heavy atom. The zero-order valence-corrected chi connectivity index (χ0v) is 15.5. The lowest BCUT2D eigenvalue weighted by molar-refractivity contribution is 0.143. The van der Waals surface area contributed by atoms with Crippen molar-refractivity contribution in [3.05, 3.63) is 54.6 Å². The first-order chi connectivity index (χ1) is 11.8. The lowest BCUT2D eigenvalue weighted by atomic mass is 10.0. The smallest absolute Gasteiger partial charge is 0.390 e. The van der Waals surface area contributed by atoms with Gasteiger partial charge in [0.05, 0.1) is 6.23 Å². The fourth-order valence-corrected chi connectivity index (χ4v) is 6.69. The molecule has 0 saturated heterocycles. The second-order valence-electron chi connectivity index (χ2n) is 5.75. The molecule has 0 unspecified atom stereocenters. The monoisotopic (exact) mass is 340 g/mol. The standard InChI is InChI=1S/C20H24O3Si/c1-4-22-24(15-21-3,23-5-2)20-18-12-8-6-10-16(18)14-17-11-7-9-13-19(17)20/h6-14H,4-5,15H2,1-3H3. The van der Waals surface area contributed by atoms with Gasteiger partial charge in [0, 0.05) is 25.5 Å². The van der Waals surface area contributed by atoms with Crippen molar-refractivity contribution in [1.82, 2.24) is 0 Å². The fourth-order valence-electron chi connectivity index (χ4n) is 3.42. The topological polar surface area (TPSA) is 27.7 Å². The molecule has 0 atom stereocenters. The number of hydrogen-bond donors (Lipinski definition) is 0. The molecule has 4 heteroatoms. The Bertz CT molecular complexity index is 760. The van der Waals surface area contributed by atoms with Gasteiger partial charge in [-0.2, -0.15) is 0 Å². The summed E-state index contributed by atoms with van der Waals surface area (Å²) in [6.45, 7) is 5.24. The molecule has 0 saturated carbocycles. The van der Waals surface area contributed by atoms with E-state index in [1.807, 2.05) is 13.8 Å². The van der Waals surface area contributed by atoms with Crippen molar-refractivity contribution in [2.45, 2.75) is 13.8 Å². The molecule has 24 heavy (non-hydrogen) atoms. The highest BCUT2D eigenvalue weighted by molar-refractivity contribution is 6.85. The van der Waals surface area contributed by atoms with E-state index >= 15 is 0 Å². The number of rotatable bonds is 7. The van der Waals surface area contributed by atoms with Crippen molar-refractivity contribution in [3.63, 3.8) is 0 Å². The molecule has 0 heterocycles. The summed E-state index contributed by atoms with van der Waals surface area (Å²) in [7, 11) is -1.01. The number of hydrogen-bond acceptors (Lipinski definition) is 3. The maximum Gasteiger partial charge on any atom is 0.400 e. The molecular weight excluding hydrogens is 316 g/mol. The summed E-state index contributed by atoms with van der Waals surface area (Å²) in [4.78, 5) is 0. The van der Waals surface area contributed by atoms with Crippen LogP contribution in [0.4, 0.5) is 0 Å². The zero-order chi connectivity index (χ0) is 17.0. The number of benzene rings is 3. The first-order valence-electron chi connectivity index (χ1n) is 8.43. The molecule has 0 radical (unpaired) electrons. The summed E-state index contributed by atoms with van der Waals surface area (Å²) in [6.07, 6.45) is 0.479. The van der Waals surface area contributed by atoms with Crippen LogP contribution in [0.5, 0.6) is 0 Å². The maximum absolute atomic E-state index is 6.30. The molecule has 3 nitrogen and oxygen atoms in total. The summed E-state index contributed by atoms with van der Waals surface area (Å²) in [5, 5.41) is 5.99. The SMILES string of the molecule is CCO[Si](COC)(OCC)c1c2ccccc2cc2ccccc12. The van der Waals surface area contributed by atoms with Gasteiger partial charge in [-0.15, -0.1) is 0 Å². The van der Waals surface area contributed by atoms with Gasteiger partial charge >= 0.3 is 8.56 Å². The first kappa shape index (κ1) is 17.1. The van der Waals surface area contributed by atoms with E-state index in [1.54, 1.807) is 7.11 Å². The Hall–Kier alpha value is -1.72. The van der Waals surface area contributed by atoms with E-state index < -0.39 is 8.56 Å². The minimum absolute atomic E-state index is 0.479. The predicted molar refractivity (Wildman–Crippen MR) is 102 cm³/mol. The van der Waals surface area contributed by atoms with E-state index in [0.717, 1.165) is 0 Å². The molecule has 0 aromatic heterocycles. The first-order valence-corrected chi connectivity index (χ1v) is 10.5. The van der Waals surface area contributed by atoms with Gasteiger partial charge in [0.25, 0.3) is 0 Å². The molecule has 0 aliphatic carbocycles. The second-order valence-corrected chi connectivity index (χ2v) is 8.62. The number of ether oxygens (including phenoxy) is 1. The largest absolute Gasteiger partial charge is 0.400 e. The highest BCUT2D eigenvalue weighted by Gasteiger charge is 2.42. The molecule has 0 aliphatic rings. The highest BCUT2D eigenvalue weighted by Crippen LogP contribution is 2.25. The van der Waals surface area contributed by atoms with E-state index in [4.69, 9.17) is 13.6 Å². The Kier molecular flexibility index (Phi) is 5.31. The van der Waals surface area contributed by atoms with Crippen LogP contribution in [0.1, 0.15) is 13.8 Å². The van der Waals surface area contributed by atoms with E-state index in [9.17, 15) is 0 Å². The third-order valence-corrected chi connectivity index (χ3v) is 7.72. The van der Waals surface area contributed by atoms with E-state index in [0.29, 0.717) is 19.4 Å². The molecule has 3 rings (SSSR count). The molecule has 0 amide bonds. The van der Waals surface area contributed by atoms with Gasteiger partial charge in [-0.1, -0.05) is 48.5 Å². The lowest BCUT2D eigenvalue weighted by Crippen LogP contribution is -2.58. The van der Waals surface area contributed by atoms with Gasteiger partial charge in [0.1, 0.15) is 0 Å². The van der Waals surface area contributed by atoms with Gasteiger partial charge < -0.3 is 13.6 Å². The summed E-state index contributed by atoms with van der Waals surface area (Å²) in [5.74, 6) is 0. The van der Waals surface area contributed by atoms with E-state index in [2.05, 4.69) is 54.6 Å². The molecule has 126 valence electrons. The average molecular weight is 340 g/mol. The highest BCUT2D eigenvalue weighted by atomic mass is 28.4. The van der Waals surface area contributed by atoms with Crippen LogP contribution >= 0.6 is 0 Å². The third-order valence-electron chi connectivity index (χ3n) is 4.24. The van der Waals surface area contributed by atoms with Crippen molar-refractivity contribution in [2.75, 3.05) is 26.6 Å². The molecule has 0 fully saturated rings. The maximum atomic E-state index is 6.30. The predicted octanol–water partition coefficient (Wildman–Crippen LogP) is 3.90. The quantitative estimate of drug-likeness (QED) is 0.482. The minimum atomic E-state index is -2.72. The van der Waals surface area contributed by atoms with Crippen LogP contribution in [-0.4, -0.2) is 35.1 Å². The number of fused-ring (bicyclic) bond motifs is 2. The Labute approximate surface area is 144 Å². The molecule has 3 aromatic rings. The third kappa shape index (κ3) is 2.98. The van der Waals surface area contributed by atoms with Crippen LogP contribution in [0.25, 0.3) is 21.5 Å². The second kappa shape index (κ2) is 7.45. The van der Waals surface area contributed by atoms with Crippen LogP contribution in [-0.2, 0) is 13.6 Å². The summed E-state index contributed by atoms with van der Waals surface area (Å²) >= 11 is 0. The Balaban J connectivity index is 2.41. The van der Waals surface area contributed by atoms with Gasteiger partial charge in [-0.3, -0.25) is 0 Å². The molecule has 0 bridgehead atoms. The van der Waals surface area contributed by atoms with Crippen molar-refractivity contribution in [3.8, 4) is 0 Å². The lowest BCUT2D eigenvalue weighted by Gasteiger charge is -2.31. The Morgan fingerprint density at radius 2 is 1.29 bits per heavy atom. The Morgan fingerprint density at radius 1 is 0.792 bits per heavy atom. The summed E-state index contributed by atoms with van der Waals surface area (Å²) in [5.41, 5.74) is 0. The number of methoxy groups -OCH3 is 1. The van der Waals surface area contributed by atoms with Gasteiger partial charge in [-0.25, -0.2) is 0 Å². The van der Waals surface area contributed by atoms with Crippen molar-refractivity contribution < 1.29 is 13.6 Å². The van der Waals surface area contributed by atoms with Crippen LogP contribution in [0.3, 0.4) is 0 Å². The van der Waals surface area contributed by atoms with Crippen molar-refractivity contribution in [2.24, 2.45) is 0 Å². The van der Waals surface area contributed by atoms with Gasteiger partial charge in [0.15, 0.2) is 0 Å². The van der Waals surface area contributed by atoms with Crippen LogP contribution in [0.15, 0.2) is 54.6 Å². The normalized spacial score (nSPS) is 12.1. The summed E-state index contributed by atoms with van der Waals surface area (Å²) < 4.78 is 18.2. The zero-order valence-electron chi connectivity index (χ0n) is 14.5. The van der Waals surface area contributed by atoms with E-state index in [1.165, 1.54) is 26.7 Å². The van der Waals surface area contributed by atoms with Crippen LogP contribution in [0.2, 0.25) is 0 Å². The molecule has 0 N–H and O–H groups in total.